The fourth-order valence-electron chi connectivity index (χ4n) is 0.651. The Morgan fingerprint density at radius 2 is 1.53 bits per heavy atom. The Balaban J connectivity index is -0.000000980. The van der Waals surface area contributed by atoms with Gasteiger partial charge < -0.3 is 19.7 Å². The van der Waals surface area contributed by atoms with Crippen LogP contribution in [0.25, 0.3) is 0 Å². The van der Waals surface area contributed by atoms with Gasteiger partial charge in [0.1, 0.15) is 16.0 Å². The first-order valence-corrected chi connectivity index (χ1v) is 6.99. The number of hydrogen-bond acceptors (Lipinski definition) is 7. The van der Waals surface area contributed by atoms with Crippen LogP contribution in [-0.4, -0.2) is 54.1 Å². The average Bonchev–Trinajstić information content (AvgIpc) is 1.93. The molecular weight excluding hydrogens is 314 g/mol. The Morgan fingerprint density at radius 1 is 1.12 bits per heavy atom. The topological polar surface area (TPSA) is 144 Å². The van der Waals surface area contributed by atoms with Gasteiger partial charge in [-0.15, -0.1) is 0 Å². The zero-order chi connectivity index (χ0) is 12.3. The fourth-order valence-corrected chi connectivity index (χ4v) is 1.98. The summed E-state index contributed by atoms with van der Waals surface area (Å²) < 4.78 is 61.7. The van der Waals surface area contributed by atoms with Gasteiger partial charge in [0.25, 0.3) is 0 Å². The van der Waals surface area contributed by atoms with E-state index in [0.717, 1.165) is 0 Å². The van der Waals surface area contributed by atoms with Crippen LogP contribution in [-0.2, 0) is 20.2 Å². The molecule has 0 spiro atoms. The Labute approximate surface area is 149 Å². The van der Waals surface area contributed by atoms with Crippen LogP contribution in [0.2, 0.25) is 0 Å². The van der Waals surface area contributed by atoms with Crippen LogP contribution < -0.4 is 64.8 Å². The second kappa shape index (κ2) is 9.42. The van der Waals surface area contributed by atoms with E-state index in [1.165, 1.54) is 0 Å². The van der Waals surface area contributed by atoms with E-state index in [-0.39, 0.29) is 59.1 Å². The van der Waals surface area contributed by atoms with Gasteiger partial charge in [-0.2, -0.15) is 0 Å². The van der Waals surface area contributed by atoms with Crippen LogP contribution in [0.15, 0.2) is 0 Å². The summed E-state index contributed by atoms with van der Waals surface area (Å²) in [6, 6.07) is 0. The summed E-state index contributed by atoms with van der Waals surface area (Å²) in [7, 11) is -9.14. The summed E-state index contributed by atoms with van der Waals surface area (Å²) in [5.41, 5.74) is 5.03. The first-order chi connectivity index (χ1) is 6.51. The van der Waals surface area contributed by atoms with E-state index in [2.05, 4.69) is 12.2 Å². The van der Waals surface area contributed by atoms with E-state index < -0.39 is 43.5 Å². The number of hydrogen-bond donors (Lipinski definition) is 1. The first-order valence-electron chi connectivity index (χ1n) is 3.43. The molecule has 0 amide bonds. The molecule has 0 aliphatic rings. The van der Waals surface area contributed by atoms with Gasteiger partial charge in [-0.3, -0.25) is 0 Å². The Kier molecular flexibility index (Phi) is 13.1. The maximum Gasteiger partial charge on any atom is 1.00 e. The van der Waals surface area contributed by atoms with Crippen molar-refractivity contribution < 1.29 is 85.1 Å². The van der Waals surface area contributed by atoms with Crippen LogP contribution in [0, 0.1) is 0 Å². The molecule has 0 aromatic rings. The summed E-state index contributed by atoms with van der Waals surface area (Å²) in [6.45, 7) is -0.525. The first kappa shape index (κ1) is 23.6. The Hall–Kier alpha value is 1.51. The van der Waals surface area contributed by atoms with E-state index in [9.17, 15) is 25.9 Å². The molecule has 0 aromatic heterocycles. The van der Waals surface area contributed by atoms with Gasteiger partial charge in [0.05, 0.1) is 15.9 Å². The van der Waals surface area contributed by atoms with Crippen molar-refractivity contribution >= 4 is 37.6 Å². The van der Waals surface area contributed by atoms with Crippen molar-refractivity contribution in [2.45, 2.75) is 0 Å². The molecule has 0 aromatic carbocycles. The predicted octanol–water partition coefficient (Wildman–Crippen LogP) is -8.41. The largest absolute Gasteiger partial charge is 1.00 e. The van der Waals surface area contributed by atoms with Gasteiger partial charge in [-0.25, -0.2) is 16.8 Å². The Bertz CT molecular complexity index is 434. The molecular formula is C4H8N2Na2O6S3. The molecule has 0 saturated carbocycles. The molecule has 0 heterocycles. The monoisotopic (exact) mass is 322 g/mol. The van der Waals surface area contributed by atoms with E-state index in [1.807, 2.05) is 0 Å². The third kappa shape index (κ3) is 15.5. The maximum absolute atomic E-state index is 10.3. The minimum atomic E-state index is -4.62. The smallest absolute Gasteiger partial charge is 0.748 e. The van der Waals surface area contributed by atoms with Gasteiger partial charge in [0.15, 0.2) is 5.11 Å². The van der Waals surface area contributed by atoms with Crippen molar-refractivity contribution in [3.05, 3.63) is 0 Å². The summed E-state index contributed by atoms with van der Waals surface area (Å²) in [5.74, 6) is -1.93. The molecule has 8 nitrogen and oxygen atoms in total. The van der Waals surface area contributed by atoms with Crippen molar-refractivity contribution in [2.24, 2.45) is 5.73 Å². The van der Waals surface area contributed by atoms with Crippen molar-refractivity contribution in [2.75, 3.05) is 18.2 Å². The summed E-state index contributed by atoms with van der Waals surface area (Å²) >= 11 is 4.38. The van der Waals surface area contributed by atoms with Gasteiger partial charge >= 0.3 is 59.1 Å². The predicted molar refractivity (Wildman–Crippen MR) is 52.6 cm³/mol. The average molecular weight is 322 g/mol. The van der Waals surface area contributed by atoms with Crippen molar-refractivity contribution in [3.63, 3.8) is 0 Å². The molecule has 0 unspecified atom stereocenters. The van der Waals surface area contributed by atoms with Crippen LogP contribution in [0.3, 0.4) is 0 Å². The molecule has 0 bridgehead atoms. The van der Waals surface area contributed by atoms with Crippen LogP contribution >= 0.6 is 12.2 Å². The third-order valence-electron chi connectivity index (χ3n) is 1.24. The minimum Gasteiger partial charge on any atom is -0.748 e. The summed E-state index contributed by atoms with van der Waals surface area (Å²) in [4.78, 5) is 0.632. The van der Waals surface area contributed by atoms with Crippen LogP contribution in [0.4, 0.5) is 0 Å². The quantitative estimate of drug-likeness (QED) is 0.296. The Morgan fingerprint density at radius 3 is 1.76 bits per heavy atom. The van der Waals surface area contributed by atoms with Gasteiger partial charge in [-0.1, -0.05) is 0 Å². The maximum atomic E-state index is 10.3. The third-order valence-corrected chi connectivity index (χ3v) is 2.81. The number of rotatable bonds is 5. The molecule has 13 heteroatoms. The fraction of sp³-hybridized carbons (Fsp3) is 0.750. The van der Waals surface area contributed by atoms with E-state index in [4.69, 9.17) is 5.73 Å². The molecule has 0 saturated heterocycles. The molecule has 0 atom stereocenters. The molecule has 17 heavy (non-hydrogen) atoms. The van der Waals surface area contributed by atoms with Gasteiger partial charge in [0, 0.05) is 6.54 Å². The second-order valence-corrected chi connectivity index (χ2v) is 5.87. The second-order valence-electron chi connectivity index (χ2n) is 2.55. The standard InChI is InChI=1S/C4H10N2O6S3.2Na/c5-4(13)6(3-15(10,11)12)1-2-14(7,8)9;;/h1-3H2,(H2,5,13)(H,7,8,9)(H,10,11,12);;/q;2*+1/p-2. The van der Waals surface area contributed by atoms with Gasteiger partial charge in [0.2, 0.25) is 0 Å². The van der Waals surface area contributed by atoms with E-state index >= 15 is 0 Å². The number of nitrogens with two attached hydrogens (primary N) is 1. The van der Waals surface area contributed by atoms with Gasteiger partial charge in [-0.05, 0) is 12.2 Å². The van der Waals surface area contributed by atoms with Crippen molar-refractivity contribution in [1.29, 1.82) is 0 Å². The molecule has 2 N–H and O–H groups in total. The molecule has 0 rings (SSSR count). The molecule has 0 radical (unpaired) electrons. The van der Waals surface area contributed by atoms with Crippen LogP contribution in [0.1, 0.15) is 0 Å². The van der Waals surface area contributed by atoms with Crippen molar-refractivity contribution in [3.8, 4) is 0 Å². The molecule has 0 aliphatic heterocycles. The minimum absolute atomic E-state index is 0. The number of nitrogens with zero attached hydrogens (tertiary/aromatic N) is 1. The number of thiocarbonyl (C=S) groups is 1. The van der Waals surface area contributed by atoms with E-state index in [1.54, 1.807) is 0 Å². The summed E-state index contributed by atoms with van der Waals surface area (Å²) in [6.07, 6.45) is 0. The molecule has 90 valence electrons. The SMILES string of the molecule is NC(=S)N(CCS(=O)(=O)[O-])CS(=O)(=O)[O-].[Na+].[Na+]. The molecule has 0 aliphatic carbocycles. The molecule has 0 fully saturated rings. The normalized spacial score (nSPS) is 10.9. The van der Waals surface area contributed by atoms with Crippen LogP contribution in [0.5, 0.6) is 0 Å². The zero-order valence-corrected chi connectivity index (χ0v) is 15.8. The summed E-state index contributed by atoms with van der Waals surface area (Å²) in [5, 5.41) is -0.460. The zero-order valence-electron chi connectivity index (χ0n) is 9.32. The van der Waals surface area contributed by atoms with Crippen molar-refractivity contribution in [1.82, 2.24) is 4.90 Å². The van der Waals surface area contributed by atoms with E-state index in [0.29, 0.717) is 4.90 Å².